The molecule has 2 saturated carbocycles. The Hall–Kier alpha value is -0.210. The smallest absolute Gasteiger partial charge is 0.170 e. The van der Waals surface area contributed by atoms with E-state index in [9.17, 15) is 13.2 Å². The third-order valence-corrected chi connectivity index (χ3v) is 6.20. The van der Waals surface area contributed by atoms with Gasteiger partial charge in [-0.05, 0) is 31.6 Å². The Bertz CT molecular complexity index is 288. The van der Waals surface area contributed by atoms with Crippen LogP contribution >= 0.6 is 0 Å². The van der Waals surface area contributed by atoms with Crippen molar-refractivity contribution in [3.05, 3.63) is 0 Å². The fraction of sp³-hybridized carbons (Fsp3) is 1.00. The predicted molar refractivity (Wildman–Crippen MR) is 85.9 cm³/mol. The minimum absolute atomic E-state index is 0.122. The zero-order valence-electron chi connectivity index (χ0n) is 14.0. The molecule has 0 nitrogen and oxygen atoms in total. The lowest BCUT2D eigenvalue weighted by molar-refractivity contribution is -0.252. The minimum atomic E-state index is -4.02. The maximum Gasteiger partial charge on any atom is 0.394 e. The summed E-state index contributed by atoms with van der Waals surface area (Å²) in [4.78, 5) is 0. The third kappa shape index (κ3) is 4.64. The summed E-state index contributed by atoms with van der Waals surface area (Å²) in [5, 5.41) is 0. The van der Waals surface area contributed by atoms with Gasteiger partial charge >= 0.3 is 6.18 Å². The zero-order valence-corrected chi connectivity index (χ0v) is 14.0. The van der Waals surface area contributed by atoms with Crippen LogP contribution in [0.3, 0.4) is 0 Å². The Labute approximate surface area is 134 Å². The lowest BCUT2D eigenvalue weighted by atomic mass is 9.65. The van der Waals surface area contributed by atoms with E-state index in [1.165, 1.54) is 12.8 Å². The third-order valence-electron chi connectivity index (χ3n) is 6.20. The van der Waals surface area contributed by atoms with E-state index in [4.69, 9.17) is 0 Å². The Morgan fingerprint density at radius 1 is 0.545 bits per heavy atom. The van der Waals surface area contributed by atoms with Gasteiger partial charge in [0.25, 0.3) is 0 Å². The summed E-state index contributed by atoms with van der Waals surface area (Å²) in [7, 11) is 0. The van der Waals surface area contributed by atoms with E-state index >= 15 is 0 Å². The molecule has 0 radical (unpaired) electrons. The van der Waals surface area contributed by atoms with E-state index in [0.717, 1.165) is 77.0 Å². The summed E-state index contributed by atoms with van der Waals surface area (Å²) < 4.78 is 42.5. The van der Waals surface area contributed by atoms with Gasteiger partial charge < -0.3 is 0 Å². The van der Waals surface area contributed by atoms with Crippen molar-refractivity contribution in [2.24, 2.45) is 11.3 Å². The molecule has 2 aliphatic rings. The first-order chi connectivity index (χ1) is 10.6. The van der Waals surface area contributed by atoms with Gasteiger partial charge in [0, 0.05) is 0 Å². The summed E-state index contributed by atoms with van der Waals surface area (Å²) in [6, 6.07) is 0. The molecule has 2 fully saturated rings. The second-order valence-corrected chi connectivity index (χ2v) is 7.67. The molecule has 0 saturated heterocycles. The highest BCUT2D eigenvalue weighted by Gasteiger charge is 2.57. The highest BCUT2D eigenvalue weighted by molar-refractivity contribution is 4.93. The highest BCUT2D eigenvalue weighted by Crippen LogP contribution is 2.55. The predicted octanol–water partition coefficient (Wildman–Crippen LogP) is 7.42. The van der Waals surface area contributed by atoms with Crippen LogP contribution in [0.1, 0.15) is 103 Å². The number of alkyl halides is 3. The first-order valence-electron chi connectivity index (χ1n) is 9.63. The van der Waals surface area contributed by atoms with Gasteiger partial charge in [-0.3, -0.25) is 0 Å². The van der Waals surface area contributed by atoms with Crippen LogP contribution in [0.5, 0.6) is 0 Å². The van der Waals surface area contributed by atoms with E-state index in [0.29, 0.717) is 12.8 Å². The van der Waals surface area contributed by atoms with Gasteiger partial charge in [0.05, 0.1) is 5.41 Å². The molecule has 0 aromatic heterocycles. The van der Waals surface area contributed by atoms with Gasteiger partial charge in [0.1, 0.15) is 0 Å². The van der Waals surface area contributed by atoms with Crippen molar-refractivity contribution < 1.29 is 13.2 Å². The summed E-state index contributed by atoms with van der Waals surface area (Å²) in [5.74, 6) is -0.122. The fourth-order valence-electron chi connectivity index (χ4n) is 4.82. The first-order valence-corrected chi connectivity index (χ1v) is 9.63. The van der Waals surface area contributed by atoms with Crippen molar-refractivity contribution in [1.29, 1.82) is 0 Å². The maximum atomic E-state index is 14.2. The normalized spacial score (nSPS) is 26.9. The summed E-state index contributed by atoms with van der Waals surface area (Å²) in [6.07, 6.45) is 10.8. The Kier molecular flexibility index (Phi) is 7.08. The average Bonchev–Trinajstić information content (AvgIpc) is 2.68. The van der Waals surface area contributed by atoms with Crippen molar-refractivity contribution in [1.82, 2.24) is 0 Å². The van der Waals surface area contributed by atoms with Crippen LogP contribution in [-0.2, 0) is 0 Å². The van der Waals surface area contributed by atoms with Crippen molar-refractivity contribution in [3.63, 3.8) is 0 Å². The molecule has 0 unspecified atom stereocenters. The first kappa shape index (κ1) is 18.1. The van der Waals surface area contributed by atoms with E-state index in [1.54, 1.807) is 0 Å². The number of hydrogen-bond donors (Lipinski definition) is 0. The minimum Gasteiger partial charge on any atom is -0.170 e. The van der Waals surface area contributed by atoms with E-state index < -0.39 is 11.6 Å². The molecular formula is C19H33F3. The van der Waals surface area contributed by atoms with E-state index in [2.05, 4.69) is 0 Å². The van der Waals surface area contributed by atoms with Gasteiger partial charge in [-0.1, -0.05) is 77.0 Å². The lowest BCUT2D eigenvalue weighted by Crippen LogP contribution is -2.44. The molecule has 0 aliphatic heterocycles. The molecule has 130 valence electrons. The Morgan fingerprint density at radius 2 is 0.909 bits per heavy atom. The number of hydrogen-bond acceptors (Lipinski definition) is 0. The molecule has 3 heteroatoms. The largest absolute Gasteiger partial charge is 0.394 e. The van der Waals surface area contributed by atoms with E-state index in [1.807, 2.05) is 0 Å². The van der Waals surface area contributed by atoms with Crippen LogP contribution in [0.2, 0.25) is 0 Å². The summed E-state index contributed by atoms with van der Waals surface area (Å²) in [5.41, 5.74) is -1.37. The topological polar surface area (TPSA) is 0 Å². The van der Waals surface area contributed by atoms with Crippen LogP contribution in [-0.4, -0.2) is 6.18 Å². The van der Waals surface area contributed by atoms with Crippen molar-refractivity contribution in [3.8, 4) is 0 Å². The van der Waals surface area contributed by atoms with Gasteiger partial charge in [0.2, 0.25) is 0 Å². The second-order valence-electron chi connectivity index (χ2n) is 7.67. The summed E-state index contributed by atoms with van der Waals surface area (Å²) in [6.45, 7) is 0. The van der Waals surface area contributed by atoms with Crippen LogP contribution in [0.4, 0.5) is 13.2 Å². The molecule has 0 amide bonds. The van der Waals surface area contributed by atoms with Gasteiger partial charge in [-0.2, -0.15) is 13.2 Å². The lowest BCUT2D eigenvalue weighted by Gasteiger charge is -2.43. The molecule has 2 aliphatic carbocycles. The van der Waals surface area contributed by atoms with Gasteiger partial charge in [-0.25, -0.2) is 0 Å². The standard InChI is InChI=1S/C19H33F3/c20-19(21,22)18(15-11-7-3-4-8-12-16-18)17-13-9-5-1-2-6-10-14-17/h17H,1-16H2. The maximum absolute atomic E-state index is 14.2. The molecular weight excluding hydrogens is 285 g/mol. The highest BCUT2D eigenvalue weighted by atomic mass is 19.4. The molecule has 2 rings (SSSR count). The van der Waals surface area contributed by atoms with Crippen molar-refractivity contribution in [2.45, 2.75) is 109 Å². The number of rotatable bonds is 1. The van der Waals surface area contributed by atoms with Crippen LogP contribution in [0.15, 0.2) is 0 Å². The molecule has 22 heavy (non-hydrogen) atoms. The SMILES string of the molecule is FC(F)(F)C1(C2CCCCCCCC2)CCCCCCCC1. The fourth-order valence-corrected chi connectivity index (χ4v) is 4.82. The van der Waals surface area contributed by atoms with Gasteiger partial charge in [0.15, 0.2) is 0 Å². The summed E-state index contributed by atoms with van der Waals surface area (Å²) >= 11 is 0. The average molecular weight is 318 g/mol. The quantitative estimate of drug-likeness (QED) is 0.472. The molecule has 0 atom stereocenters. The Morgan fingerprint density at radius 3 is 1.32 bits per heavy atom. The monoisotopic (exact) mass is 318 g/mol. The zero-order chi connectivity index (χ0) is 15.9. The van der Waals surface area contributed by atoms with Crippen LogP contribution < -0.4 is 0 Å². The molecule has 0 aromatic carbocycles. The van der Waals surface area contributed by atoms with Crippen molar-refractivity contribution >= 4 is 0 Å². The number of halogens is 3. The molecule has 0 bridgehead atoms. The second kappa shape index (κ2) is 8.59. The van der Waals surface area contributed by atoms with Crippen LogP contribution in [0.25, 0.3) is 0 Å². The molecule has 0 spiro atoms. The van der Waals surface area contributed by atoms with Crippen molar-refractivity contribution in [2.75, 3.05) is 0 Å². The molecule has 0 heterocycles. The van der Waals surface area contributed by atoms with E-state index in [-0.39, 0.29) is 5.92 Å². The molecule has 0 aromatic rings. The van der Waals surface area contributed by atoms with Gasteiger partial charge in [-0.15, -0.1) is 0 Å². The Balaban J connectivity index is 2.20. The van der Waals surface area contributed by atoms with Crippen LogP contribution in [0, 0.1) is 11.3 Å². The molecule has 0 N–H and O–H groups in total.